The maximum Gasteiger partial charge on any atom is 0.260 e. The molecule has 2 aliphatic rings. The molecule has 166 valence electrons. The van der Waals surface area contributed by atoms with Crippen molar-refractivity contribution in [2.75, 3.05) is 13.3 Å². The van der Waals surface area contributed by atoms with Gasteiger partial charge in [0.05, 0.1) is 17.5 Å². The van der Waals surface area contributed by atoms with Gasteiger partial charge in [-0.15, -0.1) is 0 Å². The molecule has 32 heavy (non-hydrogen) atoms. The summed E-state index contributed by atoms with van der Waals surface area (Å²) in [5, 5.41) is 4.19. The summed E-state index contributed by atoms with van der Waals surface area (Å²) >= 11 is 0. The first-order valence-corrected chi connectivity index (χ1v) is 11.3. The molecular weight excluding hydrogens is 404 g/mol. The van der Waals surface area contributed by atoms with Crippen LogP contribution in [-0.4, -0.2) is 38.8 Å². The molecule has 0 N–H and O–H groups in total. The number of amides is 1. The largest absolute Gasteiger partial charge is 0.472 e. The Kier molecular flexibility index (Phi) is 5.79. The third-order valence-electron chi connectivity index (χ3n) is 6.34. The molecule has 0 radical (unpaired) electrons. The normalized spacial score (nSPS) is 16.5. The Morgan fingerprint density at radius 2 is 1.97 bits per heavy atom. The zero-order chi connectivity index (χ0) is 21.9. The van der Waals surface area contributed by atoms with Gasteiger partial charge in [-0.05, 0) is 36.6 Å². The van der Waals surface area contributed by atoms with Crippen molar-refractivity contribution in [1.82, 2.24) is 19.7 Å². The van der Waals surface area contributed by atoms with Gasteiger partial charge in [0.25, 0.3) is 5.91 Å². The van der Waals surface area contributed by atoms with Gasteiger partial charge in [0, 0.05) is 37.6 Å². The summed E-state index contributed by atoms with van der Waals surface area (Å²) in [5.41, 5.74) is 2.25. The summed E-state index contributed by atoms with van der Waals surface area (Å²) in [7, 11) is 1.87. The van der Waals surface area contributed by atoms with Gasteiger partial charge >= 0.3 is 0 Å². The van der Waals surface area contributed by atoms with Gasteiger partial charge in [-0.2, -0.15) is 5.10 Å². The van der Waals surface area contributed by atoms with Crippen molar-refractivity contribution >= 4 is 5.91 Å². The van der Waals surface area contributed by atoms with Crippen LogP contribution in [0.4, 0.5) is 0 Å². The van der Waals surface area contributed by atoms with E-state index < -0.39 is 0 Å². The number of aromatic nitrogens is 3. The number of hydrogen-bond donors (Lipinski definition) is 0. The first-order chi connectivity index (χ1) is 15.7. The second kappa shape index (κ2) is 9.02. The minimum atomic E-state index is 0.0123. The Labute approximate surface area is 188 Å². The van der Waals surface area contributed by atoms with E-state index in [9.17, 15) is 4.79 Å². The molecule has 0 saturated heterocycles. The van der Waals surface area contributed by atoms with Crippen molar-refractivity contribution < 1.29 is 14.3 Å². The minimum absolute atomic E-state index is 0.0123. The molecule has 1 aliphatic carbocycles. The van der Waals surface area contributed by atoms with Crippen LogP contribution < -0.4 is 9.47 Å². The van der Waals surface area contributed by atoms with E-state index in [1.807, 2.05) is 36.3 Å². The molecule has 1 amide bonds. The molecule has 2 aromatic heterocycles. The van der Waals surface area contributed by atoms with E-state index in [0.717, 1.165) is 30.1 Å². The third-order valence-corrected chi connectivity index (χ3v) is 6.34. The molecule has 3 aromatic rings. The van der Waals surface area contributed by atoms with E-state index in [-0.39, 0.29) is 5.91 Å². The SMILES string of the molecule is Cn1cc(-c2cc(Oc3ccc4c(c3)C(=O)N(CCC3CCCCC3)CO4)ccn2)cn1. The lowest BCUT2D eigenvalue weighted by molar-refractivity contribution is 0.0499. The van der Waals surface area contributed by atoms with Crippen LogP contribution in [0.2, 0.25) is 0 Å². The number of carbonyl (C=O) groups is 1. The lowest BCUT2D eigenvalue weighted by Gasteiger charge is -2.31. The van der Waals surface area contributed by atoms with Gasteiger partial charge < -0.3 is 14.4 Å². The zero-order valence-corrected chi connectivity index (χ0v) is 18.4. The van der Waals surface area contributed by atoms with E-state index >= 15 is 0 Å². The molecule has 0 bridgehead atoms. The lowest BCUT2D eigenvalue weighted by atomic mass is 9.87. The average Bonchev–Trinajstić information content (AvgIpc) is 3.26. The molecule has 0 spiro atoms. The monoisotopic (exact) mass is 432 g/mol. The molecule has 7 heteroatoms. The maximum atomic E-state index is 13.1. The van der Waals surface area contributed by atoms with Crippen molar-refractivity contribution in [3.63, 3.8) is 0 Å². The van der Waals surface area contributed by atoms with Crippen LogP contribution in [0.15, 0.2) is 48.9 Å². The van der Waals surface area contributed by atoms with Crippen LogP contribution >= 0.6 is 0 Å². The van der Waals surface area contributed by atoms with Crippen LogP contribution in [0.5, 0.6) is 17.2 Å². The van der Waals surface area contributed by atoms with Crippen LogP contribution in [0.25, 0.3) is 11.3 Å². The smallest absolute Gasteiger partial charge is 0.260 e. The number of benzene rings is 1. The Bertz CT molecular complexity index is 1100. The fraction of sp³-hybridized carbons (Fsp3) is 0.400. The van der Waals surface area contributed by atoms with E-state index in [1.54, 1.807) is 29.2 Å². The number of carbonyl (C=O) groups excluding carboxylic acids is 1. The topological polar surface area (TPSA) is 69.5 Å². The molecule has 1 aromatic carbocycles. The highest BCUT2D eigenvalue weighted by Gasteiger charge is 2.27. The van der Waals surface area contributed by atoms with Crippen LogP contribution in [-0.2, 0) is 7.05 Å². The first kappa shape index (κ1) is 20.5. The number of rotatable bonds is 6. The summed E-state index contributed by atoms with van der Waals surface area (Å²) in [5.74, 6) is 2.60. The summed E-state index contributed by atoms with van der Waals surface area (Å²) in [6, 6.07) is 9.08. The molecule has 5 rings (SSSR count). The number of pyridine rings is 1. The predicted molar refractivity (Wildman–Crippen MR) is 121 cm³/mol. The molecule has 7 nitrogen and oxygen atoms in total. The summed E-state index contributed by atoms with van der Waals surface area (Å²) in [4.78, 5) is 19.3. The van der Waals surface area contributed by atoms with Crippen LogP contribution in [0, 0.1) is 5.92 Å². The van der Waals surface area contributed by atoms with Crippen LogP contribution in [0.1, 0.15) is 48.9 Å². The van der Waals surface area contributed by atoms with Crippen molar-refractivity contribution in [2.24, 2.45) is 13.0 Å². The predicted octanol–water partition coefficient (Wildman–Crippen LogP) is 5.04. The second-order valence-corrected chi connectivity index (χ2v) is 8.67. The Balaban J connectivity index is 1.28. The molecule has 1 aliphatic heterocycles. The summed E-state index contributed by atoms with van der Waals surface area (Å²) in [6.07, 6.45) is 13.0. The van der Waals surface area contributed by atoms with Gasteiger partial charge in [0.2, 0.25) is 0 Å². The van der Waals surface area contributed by atoms with Crippen molar-refractivity contribution in [1.29, 1.82) is 0 Å². The fourth-order valence-corrected chi connectivity index (χ4v) is 4.54. The Morgan fingerprint density at radius 1 is 1.12 bits per heavy atom. The van der Waals surface area contributed by atoms with E-state index in [2.05, 4.69) is 10.1 Å². The maximum absolute atomic E-state index is 13.1. The average molecular weight is 433 g/mol. The molecule has 1 fully saturated rings. The van der Waals surface area contributed by atoms with E-state index in [4.69, 9.17) is 9.47 Å². The number of fused-ring (bicyclic) bond motifs is 1. The molecule has 0 atom stereocenters. The van der Waals surface area contributed by atoms with Crippen molar-refractivity contribution in [3.05, 3.63) is 54.5 Å². The van der Waals surface area contributed by atoms with E-state index in [0.29, 0.717) is 29.5 Å². The fourth-order valence-electron chi connectivity index (χ4n) is 4.54. The molecular formula is C25H28N4O3. The van der Waals surface area contributed by atoms with Crippen LogP contribution in [0.3, 0.4) is 0 Å². The Morgan fingerprint density at radius 3 is 2.78 bits per heavy atom. The van der Waals surface area contributed by atoms with E-state index in [1.165, 1.54) is 32.1 Å². The minimum Gasteiger partial charge on any atom is -0.472 e. The van der Waals surface area contributed by atoms with Gasteiger partial charge in [-0.3, -0.25) is 14.5 Å². The highest BCUT2D eigenvalue weighted by molar-refractivity contribution is 5.98. The third kappa shape index (κ3) is 4.47. The molecule has 0 unspecified atom stereocenters. The summed E-state index contributed by atoms with van der Waals surface area (Å²) < 4.78 is 13.7. The van der Waals surface area contributed by atoms with Crippen molar-refractivity contribution in [3.8, 4) is 28.5 Å². The quantitative estimate of drug-likeness (QED) is 0.546. The standard InChI is InChI=1S/C25H28N4O3/c1-28-16-19(15-27-28)23-14-21(9-11-26-23)32-20-7-8-24-22(13-20)25(30)29(17-31-24)12-10-18-5-3-2-4-6-18/h7-9,11,13-16,18H,2-6,10,12,17H2,1H3. The first-order valence-electron chi connectivity index (χ1n) is 11.3. The van der Waals surface area contributed by atoms with Gasteiger partial charge in [-0.1, -0.05) is 32.1 Å². The highest BCUT2D eigenvalue weighted by Crippen LogP contribution is 2.33. The zero-order valence-electron chi connectivity index (χ0n) is 18.4. The number of ether oxygens (including phenoxy) is 2. The second-order valence-electron chi connectivity index (χ2n) is 8.67. The highest BCUT2D eigenvalue weighted by atomic mass is 16.5. The van der Waals surface area contributed by atoms with Gasteiger partial charge in [0.1, 0.15) is 17.2 Å². The number of nitrogens with zero attached hydrogens (tertiary/aromatic N) is 4. The van der Waals surface area contributed by atoms with Gasteiger partial charge in [-0.25, -0.2) is 0 Å². The Hall–Kier alpha value is -3.35. The number of aryl methyl sites for hydroxylation is 1. The lowest BCUT2D eigenvalue weighted by Crippen LogP contribution is -2.39. The number of hydrogen-bond acceptors (Lipinski definition) is 5. The van der Waals surface area contributed by atoms with Crippen molar-refractivity contribution in [2.45, 2.75) is 38.5 Å². The molecule has 3 heterocycles. The van der Waals surface area contributed by atoms with Gasteiger partial charge in [0.15, 0.2) is 6.73 Å². The summed E-state index contributed by atoms with van der Waals surface area (Å²) in [6.45, 7) is 1.06. The molecule has 1 saturated carbocycles.